The first-order valence-corrected chi connectivity index (χ1v) is 14.1. The van der Waals surface area contributed by atoms with Gasteiger partial charge in [0.05, 0.1) is 17.9 Å². The largest absolute Gasteiger partial charge is 0.368 e. The molecule has 2 atom stereocenters. The number of piperazine rings is 1. The lowest BCUT2D eigenvalue weighted by Crippen LogP contribution is -2.51. The Labute approximate surface area is 232 Å². The minimum atomic E-state index is -0.273. The van der Waals surface area contributed by atoms with Crippen LogP contribution in [0.2, 0.25) is 0 Å². The fourth-order valence-electron chi connectivity index (χ4n) is 6.17. The number of amides is 1. The summed E-state index contributed by atoms with van der Waals surface area (Å²) >= 11 is 0. The van der Waals surface area contributed by atoms with E-state index in [1.165, 1.54) is 6.07 Å². The molecule has 3 aliphatic heterocycles. The zero-order valence-corrected chi connectivity index (χ0v) is 22.3. The van der Waals surface area contributed by atoms with Crippen molar-refractivity contribution in [3.8, 4) is 11.4 Å². The monoisotopic (exact) mass is 541 g/mol. The number of rotatable bonds is 5. The lowest BCUT2D eigenvalue weighted by molar-refractivity contribution is -0.141. The first-order chi connectivity index (χ1) is 19.6. The van der Waals surface area contributed by atoms with Gasteiger partial charge in [0, 0.05) is 39.3 Å². The number of hydrogen-bond acceptors (Lipinski definition) is 7. The van der Waals surface area contributed by atoms with E-state index in [-0.39, 0.29) is 23.9 Å². The Morgan fingerprint density at radius 3 is 2.62 bits per heavy atom. The molecule has 3 aliphatic rings. The van der Waals surface area contributed by atoms with Crippen molar-refractivity contribution in [2.45, 2.75) is 37.8 Å². The third-order valence-corrected chi connectivity index (χ3v) is 8.25. The maximum Gasteiger partial charge on any atom is 0.251 e. The molecule has 3 saturated heterocycles. The third-order valence-electron chi connectivity index (χ3n) is 8.25. The maximum absolute atomic E-state index is 14.0. The topological polar surface area (TPSA) is 79.1 Å². The highest BCUT2D eigenvalue weighted by Crippen LogP contribution is 2.36. The summed E-state index contributed by atoms with van der Waals surface area (Å²) in [6, 6.07) is 16.9. The van der Waals surface area contributed by atoms with Crippen LogP contribution in [0.1, 0.15) is 37.3 Å². The molecule has 0 N–H and O–H groups in total. The number of aromatic nitrogens is 4. The first-order valence-electron chi connectivity index (χ1n) is 14.1. The van der Waals surface area contributed by atoms with Crippen LogP contribution in [0.15, 0.2) is 60.8 Å². The Morgan fingerprint density at radius 1 is 0.925 bits per heavy atom. The molecule has 0 bridgehead atoms. The smallest absolute Gasteiger partial charge is 0.251 e. The van der Waals surface area contributed by atoms with Gasteiger partial charge in [0.2, 0.25) is 0 Å². The van der Waals surface area contributed by atoms with Gasteiger partial charge >= 0.3 is 0 Å². The molecule has 7 rings (SSSR count). The highest BCUT2D eigenvalue weighted by atomic mass is 19.1. The lowest BCUT2D eigenvalue weighted by atomic mass is 10.0. The van der Waals surface area contributed by atoms with Gasteiger partial charge in [0.15, 0.2) is 5.65 Å². The van der Waals surface area contributed by atoms with Crippen molar-refractivity contribution in [3.63, 3.8) is 0 Å². The van der Waals surface area contributed by atoms with E-state index in [0.717, 1.165) is 79.6 Å². The molecule has 9 nitrogen and oxygen atoms in total. The van der Waals surface area contributed by atoms with Gasteiger partial charge in [-0.3, -0.25) is 4.79 Å². The van der Waals surface area contributed by atoms with Crippen molar-refractivity contribution in [3.05, 3.63) is 72.2 Å². The van der Waals surface area contributed by atoms with Crippen LogP contribution in [0.4, 0.5) is 16.0 Å². The summed E-state index contributed by atoms with van der Waals surface area (Å²) in [5.74, 6) is 1.61. The molecule has 4 aromatic rings. The van der Waals surface area contributed by atoms with Crippen LogP contribution in [-0.4, -0.2) is 75.8 Å². The first kappa shape index (κ1) is 25.0. The van der Waals surface area contributed by atoms with Crippen LogP contribution >= 0.6 is 0 Å². The Bertz CT molecular complexity index is 1530. The molecule has 0 radical (unpaired) electrons. The fraction of sp³-hybridized carbons (Fsp3) is 0.400. The summed E-state index contributed by atoms with van der Waals surface area (Å²) < 4.78 is 21.4. The second-order valence-corrected chi connectivity index (χ2v) is 10.7. The fourth-order valence-corrected chi connectivity index (χ4v) is 6.17. The molecule has 1 amide bonds. The molecule has 3 fully saturated rings. The molecular formula is C30H32FN7O2. The molecule has 0 saturated carbocycles. The molecule has 3 aromatic heterocycles. The summed E-state index contributed by atoms with van der Waals surface area (Å²) in [4.78, 5) is 28.7. The SMILES string of the molecule is O=C(C1CCCO1)N1CCN(c2cccc(-c3cnc4ccc(N5CCCC5c5cccc(F)c5)nn34)n2)CC1. The summed E-state index contributed by atoms with van der Waals surface area (Å²) in [5, 5.41) is 4.98. The standard InChI is InChI=1S/C30H32FN7O2/c31-22-6-1-5-21(19-22)24-8-3-13-37(24)29-12-11-27-32-20-25(38(27)34-29)23-7-2-10-28(33-23)35-14-16-36(17-15-35)30(39)26-9-4-18-40-26/h1-2,5-7,10-12,19-20,24,26H,3-4,8-9,13-18H2. The van der Waals surface area contributed by atoms with E-state index in [9.17, 15) is 9.18 Å². The van der Waals surface area contributed by atoms with Crippen LogP contribution in [0, 0.1) is 5.82 Å². The average molecular weight is 542 g/mol. The highest BCUT2D eigenvalue weighted by molar-refractivity contribution is 5.81. The van der Waals surface area contributed by atoms with Crippen molar-refractivity contribution >= 4 is 23.2 Å². The molecular weight excluding hydrogens is 509 g/mol. The van der Waals surface area contributed by atoms with E-state index >= 15 is 0 Å². The van der Waals surface area contributed by atoms with E-state index in [4.69, 9.17) is 14.8 Å². The molecule has 10 heteroatoms. The van der Waals surface area contributed by atoms with E-state index in [1.54, 1.807) is 12.1 Å². The molecule has 2 unspecified atom stereocenters. The average Bonchev–Trinajstić information content (AvgIpc) is 3.78. The summed E-state index contributed by atoms with van der Waals surface area (Å²) in [6.07, 6.45) is 5.29. The predicted molar refractivity (Wildman–Crippen MR) is 150 cm³/mol. The van der Waals surface area contributed by atoms with E-state index in [1.807, 2.05) is 52.0 Å². The second-order valence-electron chi connectivity index (χ2n) is 10.7. The minimum absolute atomic E-state index is 0.0832. The molecule has 40 heavy (non-hydrogen) atoms. The Kier molecular flexibility index (Phi) is 6.55. The minimum Gasteiger partial charge on any atom is -0.368 e. The van der Waals surface area contributed by atoms with Crippen LogP contribution < -0.4 is 9.80 Å². The van der Waals surface area contributed by atoms with E-state index in [2.05, 4.69) is 14.8 Å². The van der Waals surface area contributed by atoms with E-state index in [0.29, 0.717) is 19.7 Å². The van der Waals surface area contributed by atoms with Crippen LogP contribution in [0.5, 0.6) is 0 Å². The van der Waals surface area contributed by atoms with Gasteiger partial charge in [0.1, 0.15) is 29.3 Å². The summed E-state index contributed by atoms with van der Waals surface area (Å²) in [6.45, 7) is 4.31. The number of anilines is 2. The number of carbonyl (C=O) groups excluding carboxylic acids is 1. The number of nitrogens with zero attached hydrogens (tertiary/aromatic N) is 7. The van der Waals surface area contributed by atoms with Gasteiger partial charge in [0.25, 0.3) is 5.91 Å². The van der Waals surface area contributed by atoms with Gasteiger partial charge in [-0.2, -0.15) is 0 Å². The quantitative estimate of drug-likeness (QED) is 0.377. The Morgan fingerprint density at radius 2 is 1.80 bits per heavy atom. The zero-order valence-electron chi connectivity index (χ0n) is 22.3. The summed E-state index contributed by atoms with van der Waals surface area (Å²) in [7, 11) is 0. The number of hydrogen-bond donors (Lipinski definition) is 0. The Hall–Kier alpha value is -4.05. The molecule has 6 heterocycles. The number of imidazole rings is 1. The second kappa shape index (κ2) is 10.5. The lowest BCUT2D eigenvalue weighted by Gasteiger charge is -2.36. The zero-order chi connectivity index (χ0) is 27.1. The van der Waals surface area contributed by atoms with Gasteiger partial charge in [-0.05, 0) is 67.6 Å². The number of halogens is 1. The number of carbonyl (C=O) groups is 1. The third kappa shape index (κ3) is 4.66. The van der Waals surface area contributed by atoms with Crippen molar-refractivity contribution in [1.82, 2.24) is 24.5 Å². The number of ether oxygens (including phenoxy) is 1. The van der Waals surface area contributed by atoms with Crippen molar-refractivity contribution in [2.75, 3.05) is 49.1 Å². The number of pyridine rings is 1. The van der Waals surface area contributed by atoms with Crippen molar-refractivity contribution < 1.29 is 13.9 Å². The molecule has 0 spiro atoms. The molecule has 1 aromatic carbocycles. The van der Waals surface area contributed by atoms with Gasteiger partial charge in [-0.15, -0.1) is 5.10 Å². The number of benzene rings is 1. The van der Waals surface area contributed by atoms with Gasteiger partial charge < -0.3 is 19.4 Å². The highest BCUT2D eigenvalue weighted by Gasteiger charge is 2.31. The molecule has 206 valence electrons. The van der Waals surface area contributed by atoms with Crippen molar-refractivity contribution in [1.29, 1.82) is 0 Å². The number of fused-ring (bicyclic) bond motifs is 1. The predicted octanol–water partition coefficient (Wildman–Crippen LogP) is 4.10. The van der Waals surface area contributed by atoms with Gasteiger partial charge in [-0.25, -0.2) is 18.9 Å². The summed E-state index contributed by atoms with van der Waals surface area (Å²) in [5.41, 5.74) is 3.31. The normalized spacial score (nSPS) is 21.5. The van der Waals surface area contributed by atoms with Crippen LogP contribution in [-0.2, 0) is 9.53 Å². The van der Waals surface area contributed by atoms with Crippen molar-refractivity contribution in [2.24, 2.45) is 0 Å². The van der Waals surface area contributed by atoms with Crippen LogP contribution in [0.25, 0.3) is 17.0 Å². The van der Waals surface area contributed by atoms with Gasteiger partial charge in [-0.1, -0.05) is 18.2 Å². The van der Waals surface area contributed by atoms with E-state index < -0.39 is 0 Å². The van der Waals surface area contributed by atoms with Crippen LogP contribution in [0.3, 0.4) is 0 Å². The molecule has 0 aliphatic carbocycles. The Balaban J connectivity index is 1.12. The maximum atomic E-state index is 14.0.